The van der Waals surface area contributed by atoms with Crippen LogP contribution in [0.3, 0.4) is 0 Å². The lowest BCUT2D eigenvalue weighted by atomic mass is 10.1. The quantitative estimate of drug-likeness (QED) is 0.342. The topological polar surface area (TPSA) is 95.9 Å². The van der Waals surface area contributed by atoms with Gasteiger partial charge in [0.15, 0.2) is 5.58 Å². The van der Waals surface area contributed by atoms with E-state index in [2.05, 4.69) is 39.2 Å². The number of fused-ring (bicyclic) bond motifs is 1. The van der Waals surface area contributed by atoms with Gasteiger partial charge in [-0.25, -0.2) is 4.98 Å². The molecule has 0 N–H and O–H groups in total. The van der Waals surface area contributed by atoms with Crippen molar-refractivity contribution < 1.29 is 8.90 Å². The zero-order chi connectivity index (χ0) is 23.2. The molecule has 0 unspecified atom stereocenters. The smallest absolute Gasteiger partial charge is 0.238 e. The van der Waals surface area contributed by atoms with E-state index in [1.54, 1.807) is 36.2 Å². The first-order chi connectivity index (χ1) is 14.5. The first-order valence-corrected chi connectivity index (χ1v) is 10.0. The lowest BCUT2D eigenvalue weighted by Gasteiger charge is -2.14. The lowest BCUT2D eigenvalue weighted by molar-refractivity contribution is -0.849. The summed E-state index contributed by atoms with van der Waals surface area (Å²) in [7, 11) is 8.50. The van der Waals surface area contributed by atoms with Gasteiger partial charge in [0.25, 0.3) is 0 Å². The number of halogens is 2. The summed E-state index contributed by atoms with van der Waals surface area (Å²) in [6, 6.07) is 8.90. The molecule has 2 aromatic rings. The van der Waals surface area contributed by atoms with Crippen molar-refractivity contribution in [2.24, 2.45) is 0 Å². The number of allylic oxidation sites excluding steroid dienone is 7. The highest BCUT2D eigenvalue weighted by molar-refractivity contribution is 6.33. The van der Waals surface area contributed by atoms with E-state index in [1.807, 2.05) is 0 Å². The largest absolute Gasteiger partial charge is 0.762 e. The van der Waals surface area contributed by atoms with Gasteiger partial charge in [0.2, 0.25) is 5.89 Å². The second kappa shape index (κ2) is 10.3. The first kappa shape index (κ1) is 24.2. The summed E-state index contributed by atoms with van der Waals surface area (Å²) >= 11 is 12.3. The van der Waals surface area contributed by atoms with Crippen LogP contribution in [0.15, 0.2) is 56.5 Å². The van der Waals surface area contributed by atoms with Crippen molar-refractivity contribution in [2.75, 3.05) is 28.2 Å². The molecule has 0 bridgehead atoms. The Morgan fingerprint density at radius 3 is 2.42 bits per heavy atom. The third kappa shape index (κ3) is 6.96. The Balaban J connectivity index is 0.000000614. The van der Waals surface area contributed by atoms with Crippen molar-refractivity contribution in [2.45, 2.75) is 12.8 Å². The fourth-order valence-corrected chi connectivity index (χ4v) is 3.03. The monoisotopic (exact) mass is 453 g/mol. The second-order valence-electron chi connectivity index (χ2n) is 8.13. The molecule has 0 fully saturated rings. The van der Waals surface area contributed by atoms with Crippen LogP contribution in [0.5, 0.6) is 0 Å². The molecule has 0 aliphatic heterocycles. The van der Waals surface area contributed by atoms with Gasteiger partial charge in [0.1, 0.15) is 23.2 Å². The molecular weight excluding hydrogens is 433 g/mol. The minimum atomic E-state index is -0.0142. The lowest BCUT2D eigenvalue weighted by Crippen LogP contribution is -2.27. The van der Waals surface area contributed by atoms with E-state index in [1.165, 1.54) is 6.08 Å². The second-order valence-corrected chi connectivity index (χ2v) is 8.94. The maximum atomic E-state index is 9.48. The minimum absolute atomic E-state index is 0.0142. The highest BCUT2D eigenvalue weighted by Gasteiger charge is 2.19. The average molecular weight is 454 g/mol. The SMILES string of the molecule is C[N+](C)(C)C.N#CC(=C=[N-])/C=C1\CCC(/C=C(\C#N)c2nc3cc(Cl)ccc3o2)=C1Cl. The number of benzene rings is 1. The molecule has 158 valence electrons. The molecule has 1 aromatic carbocycles. The first-order valence-electron chi connectivity index (χ1n) is 9.29. The van der Waals surface area contributed by atoms with Crippen molar-refractivity contribution in [3.8, 4) is 12.1 Å². The predicted molar refractivity (Wildman–Crippen MR) is 124 cm³/mol. The molecule has 0 atom stereocenters. The Bertz CT molecular complexity index is 1220. The van der Waals surface area contributed by atoms with Gasteiger partial charge < -0.3 is 14.3 Å². The number of oxazole rings is 1. The van der Waals surface area contributed by atoms with Crippen molar-refractivity contribution >= 4 is 45.7 Å². The van der Waals surface area contributed by atoms with Crippen molar-refractivity contribution in [1.82, 2.24) is 4.98 Å². The molecule has 1 heterocycles. The van der Waals surface area contributed by atoms with E-state index in [9.17, 15) is 5.26 Å². The van der Waals surface area contributed by atoms with E-state index in [0.717, 1.165) is 10.1 Å². The molecule has 6 nitrogen and oxygen atoms in total. The van der Waals surface area contributed by atoms with Crippen LogP contribution in [0, 0.1) is 22.7 Å². The molecule has 0 radical (unpaired) electrons. The Morgan fingerprint density at radius 1 is 1.16 bits per heavy atom. The Morgan fingerprint density at radius 2 is 1.84 bits per heavy atom. The Labute approximate surface area is 191 Å². The van der Waals surface area contributed by atoms with Crippen LogP contribution in [-0.4, -0.2) is 43.5 Å². The molecular formula is C23H21Cl2N5O. The van der Waals surface area contributed by atoms with Crippen LogP contribution < -0.4 is 0 Å². The van der Waals surface area contributed by atoms with Crippen LogP contribution in [0.1, 0.15) is 18.7 Å². The average Bonchev–Trinajstić information content (AvgIpc) is 3.26. The van der Waals surface area contributed by atoms with Crippen LogP contribution >= 0.6 is 23.2 Å². The molecule has 0 amide bonds. The summed E-state index contributed by atoms with van der Waals surface area (Å²) in [5.41, 5.74) is 2.72. The molecule has 1 aliphatic rings. The molecule has 1 aliphatic carbocycles. The summed E-state index contributed by atoms with van der Waals surface area (Å²) < 4.78 is 6.62. The number of hydrogen-bond donors (Lipinski definition) is 0. The number of rotatable bonds is 3. The van der Waals surface area contributed by atoms with E-state index in [4.69, 9.17) is 38.3 Å². The zero-order valence-corrected chi connectivity index (χ0v) is 19.2. The number of aromatic nitrogens is 1. The van der Waals surface area contributed by atoms with Crippen LogP contribution in [0.25, 0.3) is 22.1 Å². The fraction of sp³-hybridized carbons (Fsp3) is 0.261. The van der Waals surface area contributed by atoms with E-state index >= 15 is 0 Å². The summed E-state index contributed by atoms with van der Waals surface area (Å²) in [6.45, 7) is 0. The molecule has 0 saturated heterocycles. The Hall–Kier alpha value is -3.12. The van der Waals surface area contributed by atoms with E-state index in [-0.39, 0.29) is 17.0 Å². The molecule has 0 saturated carbocycles. The van der Waals surface area contributed by atoms with Gasteiger partial charge in [-0.1, -0.05) is 23.2 Å². The van der Waals surface area contributed by atoms with Gasteiger partial charge in [-0.2, -0.15) is 10.5 Å². The Kier molecular flexibility index (Phi) is 8.00. The van der Waals surface area contributed by atoms with Gasteiger partial charge in [0.05, 0.1) is 33.8 Å². The van der Waals surface area contributed by atoms with Crippen molar-refractivity contribution in [3.05, 3.63) is 68.4 Å². The number of quaternary nitrogens is 1. The van der Waals surface area contributed by atoms with Gasteiger partial charge in [-0.15, -0.1) is 0 Å². The van der Waals surface area contributed by atoms with Crippen LogP contribution in [0.4, 0.5) is 0 Å². The highest BCUT2D eigenvalue weighted by Crippen LogP contribution is 2.37. The number of hydrogen-bond acceptors (Lipinski definition) is 4. The summed E-state index contributed by atoms with van der Waals surface area (Å²) in [5.74, 6) is 1.99. The maximum Gasteiger partial charge on any atom is 0.238 e. The van der Waals surface area contributed by atoms with E-state index in [0.29, 0.717) is 39.6 Å². The van der Waals surface area contributed by atoms with Crippen molar-refractivity contribution in [1.29, 1.82) is 10.5 Å². The number of nitrogens with zero attached hydrogens (tertiary/aromatic N) is 5. The van der Waals surface area contributed by atoms with E-state index < -0.39 is 0 Å². The standard InChI is InChI=1S/C19H9Cl2N4O.C4H12N/c20-15-3-4-17-16(7-15)25-19(26-17)14(10-24)6-13-2-1-12(18(13)21)5-11(8-22)9-23;1-5(2,3)4/h3-7H,1-2H2;1-4H3/q-1;+1/b12-5+,14-6+;. The molecule has 3 rings (SSSR count). The normalized spacial score (nSPS) is 15.2. The maximum absolute atomic E-state index is 9.48. The van der Waals surface area contributed by atoms with Crippen LogP contribution in [-0.2, 0) is 0 Å². The summed E-state index contributed by atoms with van der Waals surface area (Å²) in [4.78, 5) is 4.29. The summed E-state index contributed by atoms with van der Waals surface area (Å²) in [5, 5.41) is 28.2. The molecule has 31 heavy (non-hydrogen) atoms. The van der Waals surface area contributed by atoms with Gasteiger partial charge in [-0.3, -0.25) is 5.87 Å². The van der Waals surface area contributed by atoms with Gasteiger partial charge in [-0.05, 0) is 54.3 Å². The minimum Gasteiger partial charge on any atom is -0.762 e. The molecule has 8 heteroatoms. The predicted octanol–water partition coefficient (Wildman–Crippen LogP) is 5.61. The van der Waals surface area contributed by atoms with Gasteiger partial charge in [0, 0.05) is 10.1 Å². The third-order valence-electron chi connectivity index (χ3n) is 3.81. The highest BCUT2D eigenvalue weighted by atomic mass is 35.5. The van der Waals surface area contributed by atoms with Crippen molar-refractivity contribution in [3.63, 3.8) is 0 Å². The molecule has 1 aromatic heterocycles. The molecule has 0 spiro atoms. The number of nitriles is 2. The van der Waals surface area contributed by atoms with Crippen LogP contribution in [0.2, 0.25) is 5.02 Å². The third-order valence-corrected chi connectivity index (χ3v) is 4.53. The van der Waals surface area contributed by atoms with Gasteiger partial charge >= 0.3 is 0 Å². The summed E-state index contributed by atoms with van der Waals surface area (Å²) in [6.07, 6.45) is 4.26. The fourth-order valence-electron chi connectivity index (χ4n) is 2.56. The zero-order valence-electron chi connectivity index (χ0n) is 17.7.